The molecule has 21 heavy (non-hydrogen) atoms. The highest BCUT2D eigenvalue weighted by molar-refractivity contribution is 7.99. The minimum Gasteiger partial charge on any atom is -0.324 e. The number of hydrogen-bond donors (Lipinski definition) is 0. The van der Waals surface area contributed by atoms with Gasteiger partial charge in [0, 0.05) is 17.2 Å². The second kappa shape index (κ2) is 6.02. The Morgan fingerprint density at radius 3 is 2.76 bits per heavy atom. The van der Waals surface area contributed by atoms with Crippen molar-refractivity contribution in [3.8, 4) is 0 Å². The van der Waals surface area contributed by atoms with E-state index in [0.717, 1.165) is 34.7 Å². The summed E-state index contributed by atoms with van der Waals surface area (Å²) < 4.78 is 2.28. The number of thioether (sulfide) groups is 1. The van der Waals surface area contributed by atoms with Crippen molar-refractivity contribution >= 4 is 33.8 Å². The van der Waals surface area contributed by atoms with Crippen LogP contribution in [-0.4, -0.2) is 25.0 Å². The van der Waals surface area contributed by atoms with Crippen LogP contribution in [0.3, 0.4) is 0 Å². The number of hydrogen-bond acceptors (Lipinski definition) is 4. The third-order valence-corrected chi connectivity index (χ3v) is 4.29. The number of rotatable bonds is 5. The molecular weight excluding hydrogens is 280 g/mol. The predicted molar refractivity (Wildman–Crippen MR) is 88.7 cm³/mol. The molecule has 0 atom stereocenters. The van der Waals surface area contributed by atoms with Crippen LogP contribution in [0, 0.1) is 0 Å². The van der Waals surface area contributed by atoms with Crippen molar-refractivity contribution in [2.24, 2.45) is 0 Å². The zero-order chi connectivity index (χ0) is 14.8. The van der Waals surface area contributed by atoms with Gasteiger partial charge in [-0.25, -0.2) is 4.98 Å². The average Bonchev–Trinajstić information content (AvgIpc) is 2.78. The maximum absolute atomic E-state index is 4.76. The van der Waals surface area contributed by atoms with Crippen LogP contribution in [-0.2, 0) is 6.54 Å². The molecule has 3 aromatic rings. The molecule has 0 saturated carbocycles. The van der Waals surface area contributed by atoms with E-state index in [9.17, 15) is 0 Å². The smallest absolute Gasteiger partial charge is 0.211 e. The van der Waals surface area contributed by atoms with Crippen molar-refractivity contribution in [2.75, 3.05) is 0 Å². The highest BCUT2D eigenvalue weighted by atomic mass is 32.2. The first-order chi connectivity index (χ1) is 10.2. The van der Waals surface area contributed by atoms with Gasteiger partial charge in [0.15, 0.2) is 5.65 Å². The average molecular weight is 300 g/mol. The molecular formula is C16H20N4S. The lowest BCUT2D eigenvalue weighted by Gasteiger charge is -2.06. The summed E-state index contributed by atoms with van der Waals surface area (Å²) in [7, 11) is 0. The molecule has 2 aromatic heterocycles. The normalized spacial score (nSPS) is 11.8. The third kappa shape index (κ3) is 2.75. The number of fused-ring (bicyclic) bond motifs is 3. The van der Waals surface area contributed by atoms with Gasteiger partial charge in [0.2, 0.25) is 5.16 Å². The molecule has 1 aromatic carbocycles. The molecule has 0 amide bonds. The first kappa shape index (κ1) is 14.3. The van der Waals surface area contributed by atoms with Crippen molar-refractivity contribution in [1.82, 2.24) is 19.7 Å². The van der Waals surface area contributed by atoms with E-state index in [1.807, 2.05) is 6.07 Å². The molecule has 0 saturated heterocycles. The lowest BCUT2D eigenvalue weighted by molar-refractivity contribution is 0.656. The van der Waals surface area contributed by atoms with E-state index in [2.05, 4.69) is 53.7 Å². The maximum Gasteiger partial charge on any atom is 0.211 e. The Kier molecular flexibility index (Phi) is 4.10. The summed E-state index contributed by atoms with van der Waals surface area (Å²) in [5.41, 5.74) is 3.08. The Bertz CT molecular complexity index is 763. The van der Waals surface area contributed by atoms with Crippen LogP contribution < -0.4 is 0 Å². The van der Waals surface area contributed by atoms with E-state index in [1.165, 1.54) is 11.9 Å². The lowest BCUT2D eigenvalue weighted by atomic mass is 10.2. The largest absolute Gasteiger partial charge is 0.324 e. The summed E-state index contributed by atoms with van der Waals surface area (Å²) in [5.74, 6) is 0. The quantitative estimate of drug-likeness (QED) is 0.660. The minimum absolute atomic E-state index is 0.456. The van der Waals surface area contributed by atoms with Gasteiger partial charge in [0.25, 0.3) is 0 Å². The van der Waals surface area contributed by atoms with Crippen LogP contribution in [0.4, 0.5) is 0 Å². The van der Waals surface area contributed by atoms with Crippen molar-refractivity contribution in [2.45, 2.75) is 50.6 Å². The molecule has 3 rings (SSSR count). The first-order valence-corrected chi connectivity index (χ1v) is 8.37. The fourth-order valence-corrected chi connectivity index (χ4v) is 3.14. The van der Waals surface area contributed by atoms with Gasteiger partial charge < -0.3 is 4.57 Å². The van der Waals surface area contributed by atoms with Gasteiger partial charge in [-0.2, -0.15) is 0 Å². The van der Waals surface area contributed by atoms with Crippen LogP contribution in [0.2, 0.25) is 0 Å². The van der Waals surface area contributed by atoms with E-state index >= 15 is 0 Å². The number of aromatic nitrogens is 4. The van der Waals surface area contributed by atoms with E-state index < -0.39 is 0 Å². The predicted octanol–water partition coefficient (Wildman–Crippen LogP) is 4.28. The van der Waals surface area contributed by atoms with Crippen LogP contribution >= 0.6 is 11.8 Å². The van der Waals surface area contributed by atoms with Crippen molar-refractivity contribution in [3.05, 3.63) is 24.3 Å². The second-order valence-electron chi connectivity index (χ2n) is 5.46. The fraction of sp³-hybridized carbons (Fsp3) is 0.438. The SMILES string of the molecule is CCCCn1c2ccccc2c2nnc(SC(C)C)nc21. The molecule has 5 heteroatoms. The monoisotopic (exact) mass is 300 g/mol. The van der Waals surface area contributed by atoms with Crippen LogP contribution in [0.25, 0.3) is 22.1 Å². The molecule has 110 valence electrons. The van der Waals surface area contributed by atoms with Gasteiger partial charge >= 0.3 is 0 Å². The molecule has 0 radical (unpaired) electrons. The molecule has 0 bridgehead atoms. The third-order valence-electron chi connectivity index (χ3n) is 3.43. The van der Waals surface area contributed by atoms with Gasteiger partial charge in [-0.1, -0.05) is 57.2 Å². The molecule has 4 nitrogen and oxygen atoms in total. The van der Waals surface area contributed by atoms with Crippen LogP contribution in [0.1, 0.15) is 33.6 Å². The van der Waals surface area contributed by atoms with E-state index in [-0.39, 0.29) is 0 Å². The van der Waals surface area contributed by atoms with Crippen LogP contribution in [0.15, 0.2) is 29.4 Å². The summed E-state index contributed by atoms with van der Waals surface area (Å²) in [4.78, 5) is 4.76. The number of aryl methyl sites for hydroxylation is 1. The summed E-state index contributed by atoms with van der Waals surface area (Å²) in [5, 5.41) is 11.1. The lowest BCUT2D eigenvalue weighted by Crippen LogP contribution is -2.01. The van der Waals surface area contributed by atoms with Crippen molar-refractivity contribution < 1.29 is 0 Å². The fourth-order valence-electron chi connectivity index (χ4n) is 2.49. The molecule has 0 aliphatic rings. The zero-order valence-electron chi connectivity index (χ0n) is 12.7. The summed E-state index contributed by atoms with van der Waals surface area (Å²) in [6.45, 7) is 7.47. The molecule has 0 fully saturated rings. The molecule has 0 aliphatic carbocycles. The zero-order valence-corrected chi connectivity index (χ0v) is 13.5. The van der Waals surface area contributed by atoms with Crippen molar-refractivity contribution in [3.63, 3.8) is 0 Å². The standard InChI is InChI=1S/C16H20N4S/c1-4-5-10-20-13-9-7-6-8-12(13)14-15(20)17-16(19-18-14)21-11(2)3/h6-9,11H,4-5,10H2,1-3H3. The molecule has 0 spiro atoms. The van der Waals surface area contributed by atoms with Gasteiger partial charge in [-0.15, -0.1) is 10.2 Å². The summed E-state index contributed by atoms with van der Waals surface area (Å²) in [6, 6.07) is 8.36. The van der Waals surface area contributed by atoms with Crippen LogP contribution in [0.5, 0.6) is 0 Å². The Morgan fingerprint density at radius 1 is 1.19 bits per heavy atom. The highest BCUT2D eigenvalue weighted by Gasteiger charge is 2.14. The Labute approximate surface area is 129 Å². The van der Waals surface area contributed by atoms with Gasteiger partial charge in [0.05, 0.1) is 5.52 Å². The molecule has 0 aliphatic heterocycles. The Morgan fingerprint density at radius 2 is 2.00 bits per heavy atom. The number of benzene rings is 1. The molecule has 0 N–H and O–H groups in total. The first-order valence-electron chi connectivity index (χ1n) is 7.49. The van der Waals surface area contributed by atoms with Gasteiger partial charge in [0.1, 0.15) is 5.52 Å². The van der Waals surface area contributed by atoms with E-state index in [1.54, 1.807) is 11.8 Å². The van der Waals surface area contributed by atoms with E-state index in [4.69, 9.17) is 4.98 Å². The second-order valence-corrected chi connectivity index (χ2v) is 7.00. The number of unbranched alkanes of at least 4 members (excludes halogenated alkanes) is 1. The Hall–Kier alpha value is -1.62. The van der Waals surface area contributed by atoms with E-state index in [0.29, 0.717) is 5.25 Å². The highest BCUT2D eigenvalue weighted by Crippen LogP contribution is 2.28. The molecule has 2 heterocycles. The van der Waals surface area contributed by atoms with Gasteiger partial charge in [-0.05, 0) is 12.5 Å². The topological polar surface area (TPSA) is 43.6 Å². The number of para-hydroxylation sites is 1. The minimum atomic E-state index is 0.456. The maximum atomic E-state index is 4.76. The summed E-state index contributed by atoms with van der Waals surface area (Å²) in [6.07, 6.45) is 2.31. The Balaban J connectivity index is 2.20. The van der Waals surface area contributed by atoms with Crippen molar-refractivity contribution in [1.29, 1.82) is 0 Å². The van der Waals surface area contributed by atoms with Gasteiger partial charge in [-0.3, -0.25) is 0 Å². The molecule has 0 unspecified atom stereocenters. The number of nitrogens with zero attached hydrogens (tertiary/aromatic N) is 4. The summed E-state index contributed by atoms with van der Waals surface area (Å²) >= 11 is 1.66.